The largest absolute Gasteiger partial charge is 0.469 e. The third kappa shape index (κ3) is 4.67. The van der Waals surface area contributed by atoms with Gasteiger partial charge in [-0.05, 0) is 25.1 Å². The first kappa shape index (κ1) is 20.6. The molecule has 0 atom stereocenters. The van der Waals surface area contributed by atoms with E-state index >= 15 is 0 Å². The van der Waals surface area contributed by atoms with Crippen LogP contribution in [-0.2, 0) is 17.8 Å². The molecule has 0 radical (unpaired) electrons. The van der Waals surface area contributed by atoms with E-state index in [4.69, 9.17) is 4.42 Å². The van der Waals surface area contributed by atoms with Gasteiger partial charge in [-0.2, -0.15) is 5.10 Å². The number of pyridine rings is 1. The number of hydrogen-bond acceptors (Lipinski definition) is 7. The van der Waals surface area contributed by atoms with E-state index in [-0.39, 0.29) is 18.2 Å². The van der Waals surface area contributed by atoms with E-state index in [9.17, 15) is 9.59 Å². The third-order valence-electron chi connectivity index (χ3n) is 4.86. The number of carbonyl (C=O) groups excluding carboxylic acids is 2. The van der Waals surface area contributed by atoms with Gasteiger partial charge in [0, 0.05) is 30.0 Å². The van der Waals surface area contributed by atoms with Crippen molar-refractivity contribution in [3.05, 3.63) is 83.3 Å². The molecular formula is C22H19N7O3S. The minimum atomic E-state index is -0.303. The molecule has 11 heteroatoms. The molecule has 0 saturated carbocycles. The predicted octanol–water partition coefficient (Wildman–Crippen LogP) is 3.37. The van der Waals surface area contributed by atoms with Gasteiger partial charge in [-0.15, -0.1) is 11.3 Å². The highest BCUT2D eigenvalue weighted by molar-refractivity contribution is 7.14. The second kappa shape index (κ2) is 8.71. The highest BCUT2D eigenvalue weighted by Crippen LogP contribution is 2.19. The summed E-state index contributed by atoms with van der Waals surface area (Å²) >= 11 is 1.25. The molecule has 0 aliphatic rings. The Labute approximate surface area is 191 Å². The zero-order chi connectivity index (χ0) is 22.8. The lowest BCUT2D eigenvalue weighted by Gasteiger charge is -2.01. The van der Waals surface area contributed by atoms with Crippen LogP contribution in [0.4, 0.5) is 10.9 Å². The number of rotatable bonds is 7. The van der Waals surface area contributed by atoms with Crippen molar-refractivity contribution in [3.63, 3.8) is 0 Å². The van der Waals surface area contributed by atoms with Crippen molar-refractivity contribution in [1.29, 1.82) is 0 Å². The van der Waals surface area contributed by atoms with Crippen molar-refractivity contribution >= 4 is 39.7 Å². The van der Waals surface area contributed by atoms with Gasteiger partial charge < -0.3 is 14.1 Å². The molecule has 0 unspecified atom stereocenters. The number of aromatic nitrogens is 5. The Morgan fingerprint density at radius 3 is 2.82 bits per heavy atom. The summed E-state index contributed by atoms with van der Waals surface area (Å²) in [7, 11) is 0. The van der Waals surface area contributed by atoms with Gasteiger partial charge in [-0.1, -0.05) is 6.07 Å². The number of hydrogen-bond donors (Lipinski definition) is 2. The van der Waals surface area contributed by atoms with Crippen LogP contribution in [0.25, 0.3) is 5.65 Å². The quantitative estimate of drug-likeness (QED) is 0.384. The molecule has 0 bridgehead atoms. The van der Waals surface area contributed by atoms with Gasteiger partial charge in [0.25, 0.3) is 5.91 Å². The van der Waals surface area contributed by atoms with Crippen LogP contribution < -0.4 is 10.6 Å². The molecule has 5 rings (SSSR count). The van der Waals surface area contributed by atoms with Gasteiger partial charge in [0.05, 0.1) is 36.2 Å². The highest BCUT2D eigenvalue weighted by atomic mass is 32.1. The second-order valence-corrected chi connectivity index (χ2v) is 8.17. The van der Waals surface area contributed by atoms with Crippen LogP contribution in [0.3, 0.4) is 0 Å². The van der Waals surface area contributed by atoms with Crippen molar-refractivity contribution in [1.82, 2.24) is 24.1 Å². The molecule has 0 aliphatic heterocycles. The Morgan fingerprint density at radius 1 is 1.09 bits per heavy atom. The number of amides is 2. The average Bonchev–Trinajstić information content (AvgIpc) is 3.56. The smallest absolute Gasteiger partial charge is 0.260 e. The van der Waals surface area contributed by atoms with E-state index < -0.39 is 0 Å². The fraction of sp³-hybridized carbons (Fsp3) is 0.136. The molecule has 10 nitrogen and oxygen atoms in total. The monoisotopic (exact) mass is 461 g/mol. The maximum atomic E-state index is 12.4. The van der Waals surface area contributed by atoms with Crippen molar-refractivity contribution in [3.8, 4) is 0 Å². The second-order valence-electron chi connectivity index (χ2n) is 7.31. The van der Waals surface area contributed by atoms with Crippen LogP contribution >= 0.6 is 11.3 Å². The molecule has 166 valence electrons. The van der Waals surface area contributed by atoms with Crippen LogP contribution in [-0.4, -0.2) is 36.0 Å². The minimum Gasteiger partial charge on any atom is -0.469 e. The topological polar surface area (TPSA) is 119 Å². The molecule has 5 aromatic rings. The number of carbonyl (C=O) groups is 2. The first-order chi connectivity index (χ1) is 16.0. The van der Waals surface area contributed by atoms with Crippen molar-refractivity contribution in [2.75, 3.05) is 10.6 Å². The summed E-state index contributed by atoms with van der Waals surface area (Å²) in [5.41, 5.74) is 2.74. The molecular weight excluding hydrogens is 442 g/mol. The van der Waals surface area contributed by atoms with Gasteiger partial charge in [0.1, 0.15) is 11.4 Å². The van der Waals surface area contributed by atoms with Gasteiger partial charge in [0.15, 0.2) is 10.9 Å². The minimum absolute atomic E-state index is 0.0659. The fourth-order valence-electron chi connectivity index (χ4n) is 3.33. The van der Waals surface area contributed by atoms with Crippen LogP contribution in [0.15, 0.2) is 65.0 Å². The number of imidazole rings is 1. The molecule has 2 amide bonds. The number of furan rings is 1. The zero-order valence-corrected chi connectivity index (χ0v) is 18.4. The van der Waals surface area contributed by atoms with Gasteiger partial charge >= 0.3 is 0 Å². The van der Waals surface area contributed by atoms with Crippen LogP contribution in [0.5, 0.6) is 0 Å². The number of fused-ring (bicyclic) bond motifs is 1. The van der Waals surface area contributed by atoms with E-state index in [2.05, 4.69) is 25.7 Å². The zero-order valence-electron chi connectivity index (χ0n) is 17.6. The number of thiazole rings is 1. The maximum absolute atomic E-state index is 12.4. The Hall–Kier alpha value is -4.25. The summed E-state index contributed by atoms with van der Waals surface area (Å²) in [4.78, 5) is 33.5. The summed E-state index contributed by atoms with van der Waals surface area (Å²) in [6, 6.07) is 9.15. The number of anilines is 2. The Bertz CT molecular complexity index is 1410. The van der Waals surface area contributed by atoms with Crippen molar-refractivity contribution in [2.45, 2.75) is 19.9 Å². The van der Waals surface area contributed by atoms with E-state index in [0.717, 1.165) is 11.3 Å². The molecule has 0 aliphatic carbocycles. The molecule has 0 spiro atoms. The summed E-state index contributed by atoms with van der Waals surface area (Å²) in [5.74, 6) is 0.428. The van der Waals surface area contributed by atoms with Crippen LogP contribution in [0.2, 0.25) is 0 Å². The molecule has 5 heterocycles. The molecule has 5 aromatic heterocycles. The summed E-state index contributed by atoms with van der Waals surface area (Å²) in [5, 5.41) is 12.0. The van der Waals surface area contributed by atoms with Gasteiger partial charge in [-0.25, -0.2) is 9.97 Å². The number of nitrogens with zero attached hydrogens (tertiary/aromatic N) is 5. The number of nitrogens with one attached hydrogen (secondary N) is 2. The normalized spacial score (nSPS) is 11.1. The van der Waals surface area contributed by atoms with Gasteiger partial charge in [-0.3, -0.25) is 19.6 Å². The first-order valence-electron chi connectivity index (χ1n) is 10.1. The summed E-state index contributed by atoms with van der Waals surface area (Å²) < 4.78 is 8.80. The Morgan fingerprint density at radius 2 is 2.00 bits per heavy atom. The van der Waals surface area contributed by atoms with E-state index in [0.29, 0.717) is 34.5 Å². The molecule has 33 heavy (non-hydrogen) atoms. The summed E-state index contributed by atoms with van der Waals surface area (Å²) in [6.07, 6.45) is 7.20. The fourth-order valence-corrected chi connectivity index (χ4v) is 4.03. The SMILES string of the molecule is Cc1occc1C(=O)Nc1nc(CC(=O)Nc2ccn(Cc3cn4ccccc4n3)n2)cs1. The Balaban J connectivity index is 1.16. The van der Waals surface area contributed by atoms with Crippen molar-refractivity contribution < 1.29 is 14.0 Å². The molecule has 0 fully saturated rings. The highest BCUT2D eigenvalue weighted by Gasteiger charge is 2.15. The lowest BCUT2D eigenvalue weighted by atomic mass is 10.2. The molecule has 0 aromatic carbocycles. The predicted molar refractivity (Wildman–Crippen MR) is 122 cm³/mol. The van der Waals surface area contributed by atoms with E-state index in [1.165, 1.54) is 17.6 Å². The summed E-state index contributed by atoms with van der Waals surface area (Å²) in [6.45, 7) is 2.20. The van der Waals surface area contributed by atoms with Gasteiger partial charge in [0.2, 0.25) is 5.91 Å². The Kier molecular flexibility index (Phi) is 5.45. The standard InChI is InChI=1S/C22H19N7O3S/c1-14-17(6-9-32-14)21(31)26-22-24-15(13-33-22)10-20(30)25-18-5-8-29(27-18)12-16-11-28-7-3-2-4-19(28)23-16/h2-9,11,13H,10,12H2,1H3,(H,24,26,31)(H,25,27,30). The van der Waals surface area contributed by atoms with E-state index in [1.54, 1.807) is 35.3 Å². The van der Waals surface area contributed by atoms with Crippen molar-refractivity contribution in [2.24, 2.45) is 0 Å². The first-order valence-corrected chi connectivity index (χ1v) is 11.0. The van der Waals surface area contributed by atoms with Crippen LogP contribution in [0.1, 0.15) is 27.5 Å². The molecule has 0 saturated heterocycles. The lowest BCUT2D eigenvalue weighted by molar-refractivity contribution is -0.115. The average molecular weight is 462 g/mol. The van der Waals surface area contributed by atoms with Crippen LogP contribution in [0, 0.1) is 6.92 Å². The maximum Gasteiger partial charge on any atom is 0.260 e. The molecule has 2 N–H and O–H groups in total. The number of aryl methyl sites for hydroxylation is 1. The lowest BCUT2D eigenvalue weighted by Crippen LogP contribution is -2.16. The van der Waals surface area contributed by atoms with E-state index in [1.807, 2.05) is 35.0 Å². The third-order valence-corrected chi connectivity index (χ3v) is 5.67.